The van der Waals surface area contributed by atoms with Crippen molar-refractivity contribution >= 4 is 22.6 Å². The fourth-order valence-electron chi connectivity index (χ4n) is 4.55. The van der Waals surface area contributed by atoms with E-state index in [9.17, 15) is 23.6 Å². The largest absolute Gasteiger partial charge is 0.586 e. The summed E-state index contributed by atoms with van der Waals surface area (Å²) in [5.41, 5.74) is 1.38. The maximum atomic E-state index is 13.4. The zero-order valence-corrected chi connectivity index (χ0v) is 20.1. The van der Waals surface area contributed by atoms with Crippen molar-refractivity contribution in [2.24, 2.45) is 0 Å². The van der Waals surface area contributed by atoms with Gasteiger partial charge in [-0.05, 0) is 43.2 Å². The number of fused-ring (bicyclic) bond motifs is 2. The van der Waals surface area contributed by atoms with Gasteiger partial charge in [-0.2, -0.15) is 10.4 Å². The van der Waals surface area contributed by atoms with Crippen molar-refractivity contribution in [2.75, 3.05) is 11.9 Å². The zero-order valence-electron chi connectivity index (χ0n) is 20.1. The van der Waals surface area contributed by atoms with Crippen molar-refractivity contribution in [2.45, 2.75) is 38.0 Å². The number of nitrogens with zero attached hydrogens (tertiary/aromatic N) is 4. The van der Waals surface area contributed by atoms with Crippen LogP contribution in [-0.4, -0.2) is 29.0 Å². The van der Waals surface area contributed by atoms with Gasteiger partial charge in [0, 0.05) is 30.3 Å². The maximum Gasteiger partial charge on any atom is 0.586 e. The van der Waals surface area contributed by atoms with Crippen molar-refractivity contribution in [3.8, 4) is 28.8 Å². The molecular formula is C27H20F2N4O5. The lowest BCUT2D eigenvalue weighted by molar-refractivity contribution is -0.286. The Labute approximate surface area is 214 Å². The number of furan rings is 1. The molecule has 1 aliphatic heterocycles. The second-order valence-corrected chi connectivity index (χ2v) is 9.27. The molecule has 38 heavy (non-hydrogen) atoms. The normalized spacial score (nSPS) is 15.7. The molecule has 0 N–H and O–H groups in total. The van der Waals surface area contributed by atoms with E-state index in [0.29, 0.717) is 33.6 Å². The molecule has 0 atom stereocenters. The van der Waals surface area contributed by atoms with Gasteiger partial charge in [-0.3, -0.25) is 9.59 Å². The highest BCUT2D eigenvalue weighted by Gasteiger charge is 2.43. The first-order chi connectivity index (χ1) is 18.2. The smallest absolute Gasteiger partial charge is 0.458 e. The number of hydrogen-bond acceptors (Lipinski definition) is 7. The molecule has 11 heteroatoms. The van der Waals surface area contributed by atoms with Crippen LogP contribution in [0.1, 0.15) is 36.5 Å². The molecule has 2 aromatic carbocycles. The van der Waals surface area contributed by atoms with Gasteiger partial charge in [0.1, 0.15) is 18.0 Å². The number of carbonyl (C=O) groups excluding carboxylic acids is 1. The SMILES string of the molecule is CN(C(=O)Cn1nc(-c2cccc(C#N)c2)c2oc(C3CCC3)cc2c1=O)c1ccc2c(c1)OC(F)(F)O2. The molecule has 0 radical (unpaired) electrons. The molecule has 0 spiro atoms. The Hall–Kier alpha value is -4.72. The molecule has 0 bridgehead atoms. The van der Waals surface area contributed by atoms with Crippen LogP contribution in [0.5, 0.6) is 11.5 Å². The molecule has 2 aliphatic rings. The van der Waals surface area contributed by atoms with Gasteiger partial charge in [0.25, 0.3) is 5.56 Å². The first kappa shape index (κ1) is 23.7. The minimum atomic E-state index is -3.78. The number of likely N-dealkylation sites (N-methyl/N-ethyl adjacent to an activating group) is 1. The molecule has 0 saturated heterocycles. The monoisotopic (exact) mass is 518 g/mol. The molecule has 2 aromatic heterocycles. The molecule has 1 amide bonds. The average Bonchev–Trinajstić information content (AvgIpc) is 3.43. The Morgan fingerprint density at radius 3 is 2.71 bits per heavy atom. The summed E-state index contributed by atoms with van der Waals surface area (Å²) < 4.78 is 42.8. The second kappa shape index (κ2) is 8.69. The molecule has 1 saturated carbocycles. The summed E-state index contributed by atoms with van der Waals surface area (Å²) in [6, 6.07) is 14.5. The fraction of sp³-hybridized carbons (Fsp3) is 0.259. The highest BCUT2D eigenvalue weighted by Crippen LogP contribution is 2.43. The topological polar surface area (TPSA) is 111 Å². The molecular weight excluding hydrogens is 498 g/mol. The van der Waals surface area contributed by atoms with Gasteiger partial charge >= 0.3 is 6.29 Å². The van der Waals surface area contributed by atoms with Crippen LogP contribution in [-0.2, 0) is 11.3 Å². The number of hydrogen-bond donors (Lipinski definition) is 0. The van der Waals surface area contributed by atoms with Crippen LogP contribution in [0.4, 0.5) is 14.5 Å². The summed E-state index contributed by atoms with van der Waals surface area (Å²) in [5.74, 6) is 0.0461. The Balaban J connectivity index is 1.38. The van der Waals surface area contributed by atoms with E-state index in [0.717, 1.165) is 23.9 Å². The third-order valence-electron chi connectivity index (χ3n) is 6.86. The summed E-state index contributed by atoms with van der Waals surface area (Å²) in [4.78, 5) is 27.8. The van der Waals surface area contributed by atoms with Crippen LogP contribution in [0.2, 0.25) is 0 Å². The number of rotatable bonds is 5. The minimum Gasteiger partial charge on any atom is -0.458 e. The van der Waals surface area contributed by atoms with Gasteiger partial charge in [0.05, 0.1) is 17.0 Å². The van der Waals surface area contributed by atoms with Crippen LogP contribution in [0.25, 0.3) is 22.2 Å². The molecule has 0 unspecified atom stereocenters. The number of alkyl halides is 2. The van der Waals surface area contributed by atoms with Gasteiger partial charge in [-0.1, -0.05) is 18.6 Å². The van der Waals surface area contributed by atoms with E-state index in [1.54, 1.807) is 30.3 Å². The van der Waals surface area contributed by atoms with Crippen LogP contribution in [0.3, 0.4) is 0 Å². The molecule has 3 heterocycles. The number of carbonyl (C=O) groups is 1. The van der Waals surface area contributed by atoms with E-state index in [1.807, 2.05) is 0 Å². The van der Waals surface area contributed by atoms with E-state index < -0.39 is 24.3 Å². The number of aromatic nitrogens is 2. The number of nitriles is 1. The van der Waals surface area contributed by atoms with Crippen molar-refractivity contribution in [3.63, 3.8) is 0 Å². The fourth-order valence-corrected chi connectivity index (χ4v) is 4.55. The number of benzene rings is 2. The van der Waals surface area contributed by atoms with Gasteiger partial charge in [-0.25, -0.2) is 4.68 Å². The van der Waals surface area contributed by atoms with E-state index in [4.69, 9.17) is 4.42 Å². The van der Waals surface area contributed by atoms with E-state index >= 15 is 0 Å². The number of anilines is 1. The van der Waals surface area contributed by atoms with Gasteiger partial charge in [0.15, 0.2) is 17.1 Å². The molecule has 1 aliphatic carbocycles. The second-order valence-electron chi connectivity index (χ2n) is 9.27. The van der Waals surface area contributed by atoms with Gasteiger partial charge in [-0.15, -0.1) is 8.78 Å². The Kier molecular flexibility index (Phi) is 5.41. The molecule has 1 fully saturated rings. The Bertz CT molecular complexity index is 1700. The molecule has 4 aromatic rings. The Morgan fingerprint density at radius 2 is 1.97 bits per heavy atom. The lowest BCUT2D eigenvalue weighted by Crippen LogP contribution is -2.35. The number of amides is 1. The summed E-state index contributed by atoms with van der Waals surface area (Å²) in [6.07, 6.45) is -0.769. The third-order valence-corrected chi connectivity index (χ3v) is 6.86. The van der Waals surface area contributed by atoms with E-state index in [1.165, 1.54) is 30.1 Å². The van der Waals surface area contributed by atoms with Crippen molar-refractivity contribution in [1.29, 1.82) is 5.26 Å². The highest BCUT2D eigenvalue weighted by molar-refractivity contribution is 5.94. The lowest BCUT2D eigenvalue weighted by atomic mass is 9.83. The van der Waals surface area contributed by atoms with E-state index in [-0.39, 0.29) is 23.1 Å². The molecule has 192 valence electrons. The number of halogens is 2. The summed E-state index contributed by atoms with van der Waals surface area (Å²) in [6.45, 7) is -0.426. The summed E-state index contributed by atoms with van der Waals surface area (Å²) >= 11 is 0. The van der Waals surface area contributed by atoms with Crippen LogP contribution < -0.4 is 19.9 Å². The van der Waals surface area contributed by atoms with Crippen LogP contribution >= 0.6 is 0 Å². The van der Waals surface area contributed by atoms with E-state index in [2.05, 4.69) is 20.6 Å². The number of ether oxygens (including phenoxy) is 2. The van der Waals surface area contributed by atoms with Gasteiger partial charge in [0.2, 0.25) is 5.91 Å². The van der Waals surface area contributed by atoms with Crippen molar-refractivity contribution in [1.82, 2.24) is 9.78 Å². The predicted molar refractivity (Wildman–Crippen MR) is 131 cm³/mol. The Morgan fingerprint density at radius 1 is 1.18 bits per heavy atom. The van der Waals surface area contributed by atoms with Crippen molar-refractivity contribution in [3.05, 3.63) is 70.2 Å². The quantitative estimate of drug-likeness (QED) is 0.374. The standard InChI is InChI=1S/C27H20F2N4O5/c1-32(18-8-9-20-22(11-18)38-27(28,29)37-20)23(34)14-33-26(35)19-12-21(16-5-3-6-16)36-25(19)24(31-33)17-7-2-4-15(10-17)13-30/h2,4,7-12,16H,3,5-6,14H2,1H3. The summed E-state index contributed by atoms with van der Waals surface area (Å²) in [7, 11) is 1.45. The minimum absolute atomic E-state index is 0.144. The van der Waals surface area contributed by atoms with Crippen LogP contribution in [0, 0.1) is 11.3 Å². The van der Waals surface area contributed by atoms with Gasteiger partial charge < -0.3 is 18.8 Å². The zero-order chi connectivity index (χ0) is 26.6. The molecule has 9 nitrogen and oxygen atoms in total. The first-order valence-electron chi connectivity index (χ1n) is 11.9. The lowest BCUT2D eigenvalue weighted by Gasteiger charge is -2.22. The average molecular weight is 518 g/mol. The molecule has 6 rings (SSSR count). The summed E-state index contributed by atoms with van der Waals surface area (Å²) in [5, 5.41) is 14.1. The maximum absolute atomic E-state index is 13.4. The van der Waals surface area contributed by atoms with Crippen LogP contribution in [0.15, 0.2) is 57.7 Å². The van der Waals surface area contributed by atoms with Crippen molar-refractivity contribution < 1.29 is 27.5 Å². The first-order valence-corrected chi connectivity index (χ1v) is 11.9. The third kappa shape index (κ3) is 4.04. The predicted octanol–water partition coefficient (Wildman–Crippen LogP) is 4.78. The highest BCUT2D eigenvalue weighted by atomic mass is 19.3.